The van der Waals surface area contributed by atoms with Crippen molar-refractivity contribution in [1.29, 1.82) is 0 Å². The summed E-state index contributed by atoms with van der Waals surface area (Å²) < 4.78 is 0. The van der Waals surface area contributed by atoms with Crippen LogP contribution >= 0.6 is 11.3 Å². The second kappa shape index (κ2) is 11.5. The number of carboxylic acid groups (broad SMARTS) is 1. The highest BCUT2D eigenvalue weighted by Gasteiger charge is 2.54. The summed E-state index contributed by atoms with van der Waals surface area (Å²) >= 11 is 1.14. The van der Waals surface area contributed by atoms with Gasteiger partial charge in [-0.1, -0.05) is 17.3 Å². The summed E-state index contributed by atoms with van der Waals surface area (Å²) in [7, 11) is 0. The number of hydrogen-bond donors (Lipinski definition) is 5. The van der Waals surface area contributed by atoms with Crippen molar-refractivity contribution in [1.82, 2.24) is 20.5 Å². The number of nitrogens with two attached hydrogens (primary N) is 1. The molecule has 1 aromatic carbocycles. The molecule has 13 nitrogen and oxygen atoms in total. The van der Waals surface area contributed by atoms with Gasteiger partial charge in [0.25, 0.3) is 11.8 Å². The molecular formula is C29H30N6O7S. The Labute approximate surface area is 250 Å². The zero-order valence-corrected chi connectivity index (χ0v) is 23.9. The molecule has 3 aliphatic heterocycles. The van der Waals surface area contributed by atoms with Gasteiger partial charge in [-0.2, -0.15) is 0 Å². The molecule has 3 amide bonds. The number of carbonyl (C=O) groups is 4. The van der Waals surface area contributed by atoms with Crippen molar-refractivity contribution in [3.8, 4) is 5.75 Å². The molecule has 1 aromatic heterocycles. The number of rotatable bonds is 8. The first-order valence-electron chi connectivity index (χ1n) is 14.1. The predicted octanol–water partition coefficient (Wildman–Crippen LogP) is 1.90. The van der Waals surface area contributed by atoms with Gasteiger partial charge in [-0.05, 0) is 73.8 Å². The number of aromatic hydroxyl groups is 1. The van der Waals surface area contributed by atoms with E-state index in [0.29, 0.717) is 41.7 Å². The van der Waals surface area contributed by atoms with E-state index in [4.69, 9.17) is 10.6 Å². The number of fused-ring (bicyclic) bond motifs is 1. The van der Waals surface area contributed by atoms with Gasteiger partial charge in [-0.15, -0.1) is 11.3 Å². The number of nitrogens with one attached hydrogen (secondary N) is 2. The quantitative estimate of drug-likeness (QED) is 0.129. The minimum absolute atomic E-state index is 0.0218. The molecule has 0 unspecified atom stereocenters. The molecule has 2 saturated heterocycles. The molecule has 0 bridgehead atoms. The lowest BCUT2D eigenvalue weighted by molar-refractivity contribution is -0.155. The minimum Gasteiger partial charge on any atom is -0.508 e. The Balaban J connectivity index is 1.30. The van der Waals surface area contributed by atoms with Crippen molar-refractivity contribution >= 4 is 51.4 Å². The third-order valence-electron chi connectivity index (χ3n) is 8.20. The summed E-state index contributed by atoms with van der Waals surface area (Å²) in [5, 5.41) is 31.5. The fourth-order valence-electron chi connectivity index (χ4n) is 6.16. The van der Waals surface area contributed by atoms with Crippen LogP contribution in [0.15, 0.2) is 51.6 Å². The number of carboxylic acids is 1. The molecule has 6 N–H and O–H groups in total. The maximum Gasteiger partial charge on any atom is 0.352 e. The van der Waals surface area contributed by atoms with Crippen LogP contribution in [-0.2, 0) is 24.0 Å². The number of phenolic OH excluding ortho intramolecular Hbond substituents is 1. The molecule has 43 heavy (non-hydrogen) atoms. The summed E-state index contributed by atoms with van der Waals surface area (Å²) in [6, 6.07) is 4.54. The van der Waals surface area contributed by atoms with E-state index in [2.05, 4.69) is 20.8 Å². The molecule has 1 saturated carbocycles. The standard InChI is InChI=1S/C29H30N6O7S/c30-29-32-19(13-43-29)22(34-42-16-3-1-2-4-16)26(38)33-23-20-10-9-17(24(28(40)41)35(20)27(23)39)21(18-11-12-31-25(18)37)14-5-7-15(36)8-6-14/h5-8,13,16,20,23,36H,1-4,9-12H2,(H2,30,32)(H,31,37)(H,33,38)(H,40,41)/t20-,23+/m1/s1. The Morgan fingerprint density at radius 2 is 1.88 bits per heavy atom. The van der Waals surface area contributed by atoms with Crippen molar-refractivity contribution < 1.29 is 34.2 Å². The molecule has 224 valence electrons. The number of allylic oxidation sites excluding steroid dienone is 2. The number of oxime groups is 1. The van der Waals surface area contributed by atoms with Crippen LogP contribution in [0.3, 0.4) is 0 Å². The summed E-state index contributed by atoms with van der Waals surface area (Å²) in [5.41, 5.74) is 7.43. The lowest BCUT2D eigenvalue weighted by atomic mass is 9.78. The number of β-lactam (4-membered cyclic amide) rings is 1. The third kappa shape index (κ3) is 5.33. The number of carbonyl (C=O) groups excluding carboxylic acids is 3. The van der Waals surface area contributed by atoms with E-state index < -0.39 is 29.9 Å². The summed E-state index contributed by atoms with van der Waals surface area (Å²) in [5.74, 6) is -2.88. The van der Waals surface area contributed by atoms with Crippen LogP contribution in [0.4, 0.5) is 5.13 Å². The van der Waals surface area contributed by atoms with E-state index in [1.54, 1.807) is 17.5 Å². The van der Waals surface area contributed by atoms with Crippen LogP contribution in [0.2, 0.25) is 0 Å². The van der Waals surface area contributed by atoms with Gasteiger partial charge >= 0.3 is 5.97 Å². The molecule has 2 atom stereocenters. The molecule has 2 aromatic rings. The molecule has 3 fully saturated rings. The molecule has 1 aliphatic carbocycles. The number of anilines is 1. The number of thiazole rings is 1. The van der Waals surface area contributed by atoms with Crippen LogP contribution in [-0.4, -0.2) is 74.2 Å². The van der Waals surface area contributed by atoms with Crippen LogP contribution in [0.25, 0.3) is 5.57 Å². The van der Waals surface area contributed by atoms with Gasteiger partial charge in [0, 0.05) is 17.5 Å². The average molecular weight is 607 g/mol. The Kier molecular flexibility index (Phi) is 7.61. The molecular weight excluding hydrogens is 576 g/mol. The van der Waals surface area contributed by atoms with E-state index in [-0.39, 0.29) is 46.4 Å². The van der Waals surface area contributed by atoms with Gasteiger partial charge in [0.2, 0.25) is 5.91 Å². The van der Waals surface area contributed by atoms with E-state index in [1.807, 2.05) is 0 Å². The molecule has 4 heterocycles. The van der Waals surface area contributed by atoms with Crippen molar-refractivity contribution in [2.75, 3.05) is 12.3 Å². The first kappa shape index (κ1) is 28.4. The maximum atomic E-state index is 13.5. The summed E-state index contributed by atoms with van der Waals surface area (Å²) in [6.07, 6.45) is 4.52. The molecule has 6 rings (SSSR count). The largest absolute Gasteiger partial charge is 0.508 e. The number of hydrogen-bond acceptors (Lipinski definition) is 10. The second-order valence-electron chi connectivity index (χ2n) is 10.8. The molecule has 4 aliphatic rings. The van der Waals surface area contributed by atoms with Crippen molar-refractivity contribution in [2.45, 2.75) is 63.1 Å². The fourth-order valence-corrected chi connectivity index (χ4v) is 6.70. The van der Waals surface area contributed by atoms with Crippen LogP contribution in [0.1, 0.15) is 56.2 Å². The van der Waals surface area contributed by atoms with Gasteiger partial charge in [0.1, 0.15) is 29.3 Å². The Morgan fingerprint density at radius 3 is 2.51 bits per heavy atom. The number of aliphatic carboxylic acids is 1. The third-order valence-corrected chi connectivity index (χ3v) is 8.87. The number of nitrogens with zero attached hydrogens (tertiary/aromatic N) is 3. The van der Waals surface area contributed by atoms with Crippen molar-refractivity contribution in [3.63, 3.8) is 0 Å². The number of amides is 3. The molecule has 14 heteroatoms. The topological polar surface area (TPSA) is 197 Å². The highest BCUT2D eigenvalue weighted by molar-refractivity contribution is 7.13. The van der Waals surface area contributed by atoms with Crippen molar-refractivity contribution in [2.24, 2.45) is 5.16 Å². The normalized spacial score (nSPS) is 23.5. The number of nitrogen functional groups attached to an aromatic ring is 1. The number of aromatic nitrogens is 1. The average Bonchev–Trinajstić information content (AvgIpc) is 3.76. The highest BCUT2D eigenvalue weighted by Crippen LogP contribution is 2.44. The first-order chi connectivity index (χ1) is 20.7. The number of phenols is 1. The van der Waals surface area contributed by atoms with Gasteiger partial charge in [0.05, 0.1) is 6.04 Å². The van der Waals surface area contributed by atoms with Gasteiger partial charge in [-0.3, -0.25) is 19.3 Å². The first-order valence-corrected chi connectivity index (χ1v) is 15.0. The van der Waals surface area contributed by atoms with E-state index >= 15 is 0 Å². The van der Waals surface area contributed by atoms with Gasteiger partial charge in [-0.25, -0.2) is 9.78 Å². The summed E-state index contributed by atoms with van der Waals surface area (Å²) in [6.45, 7) is 0.407. The lowest BCUT2D eigenvalue weighted by Gasteiger charge is -2.50. The SMILES string of the molecule is Nc1nc(C(=NOC2CCCC2)C(=O)N[C@@H]2C(=O)N3C(C(=O)O)=C(C(=C4CCNC4=O)c4ccc(O)cc4)CC[C@H]23)cs1. The van der Waals surface area contributed by atoms with Crippen LogP contribution in [0, 0.1) is 0 Å². The van der Waals surface area contributed by atoms with E-state index in [0.717, 1.165) is 37.0 Å². The highest BCUT2D eigenvalue weighted by atomic mass is 32.1. The number of benzene rings is 1. The van der Waals surface area contributed by atoms with Crippen molar-refractivity contribution in [3.05, 3.63) is 57.7 Å². The van der Waals surface area contributed by atoms with E-state index in [1.165, 1.54) is 17.0 Å². The second-order valence-corrected chi connectivity index (χ2v) is 11.7. The zero-order chi connectivity index (χ0) is 30.2. The predicted molar refractivity (Wildman–Crippen MR) is 156 cm³/mol. The lowest BCUT2D eigenvalue weighted by Crippen LogP contribution is -2.72. The zero-order valence-electron chi connectivity index (χ0n) is 23.0. The van der Waals surface area contributed by atoms with E-state index in [9.17, 15) is 29.4 Å². The molecule has 0 spiro atoms. The molecule has 0 radical (unpaired) electrons. The Morgan fingerprint density at radius 1 is 1.14 bits per heavy atom. The van der Waals surface area contributed by atoms with Gasteiger partial charge in [0.15, 0.2) is 10.8 Å². The Bertz CT molecular complexity index is 1590. The van der Waals surface area contributed by atoms with Crippen LogP contribution in [0.5, 0.6) is 5.75 Å². The summed E-state index contributed by atoms with van der Waals surface area (Å²) in [4.78, 5) is 63.3. The maximum absolute atomic E-state index is 13.5. The van der Waals surface area contributed by atoms with Crippen LogP contribution < -0.4 is 16.4 Å². The monoisotopic (exact) mass is 606 g/mol. The Hall–Kier alpha value is -4.72. The smallest absolute Gasteiger partial charge is 0.352 e. The minimum atomic E-state index is -1.32. The fraction of sp³-hybridized carbons (Fsp3) is 0.379. The van der Waals surface area contributed by atoms with Gasteiger partial charge < -0.3 is 31.4 Å².